The molecule has 0 spiro atoms. The van der Waals surface area contributed by atoms with E-state index in [9.17, 15) is 0 Å². The lowest BCUT2D eigenvalue weighted by Crippen LogP contribution is -2.35. The van der Waals surface area contributed by atoms with Gasteiger partial charge in [-0.2, -0.15) is 4.98 Å². The number of aromatic nitrogens is 2. The van der Waals surface area contributed by atoms with Crippen LogP contribution in [0.1, 0.15) is 64.6 Å². The van der Waals surface area contributed by atoms with Crippen molar-refractivity contribution in [1.29, 1.82) is 0 Å². The van der Waals surface area contributed by atoms with Crippen LogP contribution < -0.4 is 5.73 Å². The number of rotatable bonds is 4. The van der Waals surface area contributed by atoms with Crippen LogP contribution >= 0.6 is 0 Å². The SMILES string of the molecule is CCC(N)(CC)c1nc(C2CC2(C)C)no1. The fourth-order valence-corrected chi connectivity index (χ4v) is 2.04. The maximum absolute atomic E-state index is 6.22. The Morgan fingerprint density at radius 2 is 2.00 bits per heavy atom. The molecule has 1 unspecified atom stereocenters. The molecule has 2 N–H and O–H groups in total. The van der Waals surface area contributed by atoms with Gasteiger partial charge in [0.05, 0.1) is 5.54 Å². The van der Waals surface area contributed by atoms with E-state index in [2.05, 4.69) is 37.8 Å². The van der Waals surface area contributed by atoms with Gasteiger partial charge in [0.1, 0.15) is 0 Å². The van der Waals surface area contributed by atoms with Gasteiger partial charge in [-0.3, -0.25) is 0 Å². The lowest BCUT2D eigenvalue weighted by atomic mass is 9.94. The molecule has 0 aliphatic heterocycles. The number of nitrogens with zero attached hydrogens (tertiary/aromatic N) is 2. The second-order valence-corrected chi connectivity index (χ2v) is 5.57. The van der Waals surface area contributed by atoms with E-state index in [0.717, 1.165) is 25.1 Å². The second-order valence-electron chi connectivity index (χ2n) is 5.57. The molecule has 1 aliphatic carbocycles. The first-order valence-corrected chi connectivity index (χ1v) is 6.06. The maximum Gasteiger partial charge on any atom is 0.246 e. The van der Waals surface area contributed by atoms with E-state index < -0.39 is 5.54 Å². The van der Waals surface area contributed by atoms with Crippen LogP contribution in [0.15, 0.2) is 4.52 Å². The summed E-state index contributed by atoms with van der Waals surface area (Å²) < 4.78 is 5.32. The number of hydrogen-bond acceptors (Lipinski definition) is 4. The third kappa shape index (κ3) is 1.75. The highest BCUT2D eigenvalue weighted by Crippen LogP contribution is 2.57. The zero-order valence-corrected chi connectivity index (χ0v) is 10.6. The van der Waals surface area contributed by atoms with Crippen molar-refractivity contribution >= 4 is 0 Å². The van der Waals surface area contributed by atoms with Crippen molar-refractivity contribution in [2.24, 2.45) is 11.1 Å². The molecule has 0 saturated heterocycles. The maximum atomic E-state index is 6.22. The Bertz CT molecular complexity index is 379. The van der Waals surface area contributed by atoms with Crippen molar-refractivity contribution in [3.8, 4) is 0 Å². The standard InChI is InChI=1S/C12H21N3O/c1-5-12(13,6-2)10-14-9(15-16-10)8-7-11(8,3)4/h8H,5-7,13H2,1-4H3. The van der Waals surface area contributed by atoms with Crippen LogP contribution in [0.2, 0.25) is 0 Å². The summed E-state index contributed by atoms with van der Waals surface area (Å²) >= 11 is 0. The van der Waals surface area contributed by atoms with Crippen LogP contribution in [-0.2, 0) is 5.54 Å². The Hall–Kier alpha value is -0.900. The fourth-order valence-electron chi connectivity index (χ4n) is 2.04. The molecule has 90 valence electrons. The van der Waals surface area contributed by atoms with Crippen molar-refractivity contribution in [2.75, 3.05) is 0 Å². The van der Waals surface area contributed by atoms with Crippen LogP contribution in [-0.4, -0.2) is 10.1 Å². The average Bonchev–Trinajstić information content (AvgIpc) is 2.70. The van der Waals surface area contributed by atoms with E-state index in [1.807, 2.05) is 0 Å². The molecular weight excluding hydrogens is 202 g/mol. The van der Waals surface area contributed by atoms with Gasteiger partial charge < -0.3 is 10.3 Å². The molecule has 4 nitrogen and oxygen atoms in total. The Morgan fingerprint density at radius 3 is 2.44 bits per heavy atom. The zero-order valence-electron chi connectivity index (χ0n) is 10.6. The smallest absolute Gasteiger partial charge is 0.246 e. The average molecular weight is 223 g/mol. The predicted octanol–water partition coefficient (Wildman–Crippen LogP) is 2.56. The quantitative estimate of drug-likeness (QED) is 0.852. The highest BCUT2D eigenvalue weighted by Gasteiger charge is 2.50. The van der Waals surface area contributed by atoms with Crippen LogP contribution in [0.3, 0.4) is 0 Å². The molecule has 16 heavy (non-hydrogen) atoms. The first kappa shape index (κ1) is 11.6. The second kappa shape index (κ2) is 3.55. The molecule has 1 aliphatic rings. The molecule has 0 radical (unpaired) electrons. The molecule has 1 heterocycles. The highest BCUT2D eigenvalue weighted by molar-refractivity contribution is 5.15. The summed E-state index contributed by atoms with van der Waals surface area (Å²) in [5, 5.41) is 4.07. The minimum Gasteiger partial charge on any atom is -0.337 e. The molecule has 0 bridgehead atoms. The minimum absolute atomic E-state index is 0.330. The van der Waals surface area contributed by atoms with Crippen LogP contribution in [0, 0.1) is 5.41 Å². The molecule has 2 rings (SSSR count). The number of hydrogen-bond donors (Lipinski definition) is 1. The van der Waals surface area contributed by atoms with E-state index in [1.54, 1.807) is 0 Å². The summed E-state index contributed by atoms with van der Waals surface area (Å²) in [4.78, 5) is 4.48. The molecular formula is C12H21N3O. The fraction of sp³-hybridized carbons (Fsp3) is 0.833. The van der Waals surface area contributed by atoms with E-state index in [4.69, 9.17) is 10.3 Å². The van der Waals surface area contributed by atoms with E-state index in [0.29, 0.717) is 17.2 Å². The molecule has 1 atom stereocenters. The Kier molecular flexibility index (Phi) is 2.57. The van der Waals surface area contributed by atoms with Crippen molar-refractivity contribution in [3.63, 3.8) is 0 Å². The zero-order chi connectivity index (χ0) is 12.0. The summed E-state index contributed by atoms with van der Waals surface area (Å²) in [6.45, 7) is 8.55. The van der Waals surface area contributed by atoms with Gasteiger partial charge in [0, 0.05) is 5.92 Å². The Labute approximate surface area is 96.6 Å². The van der Waals surface area contributed by atoms with Crippen LogP contribution in [0.25, 0.3) is 0 Å². The third-order valence-electron chi connectivity index (χ3n) is 3.95. The molecule has 1 fully saturated rings. The largest absolute Gasteiger partial charge is 0.337 e. The van der Waals surface area contributed by atoms with Crippen LogP contribution in [0.5, 0.6) is 0 Å². The summed E-state index contributed by atoms with van der Waals surface area (Å²) in [5.74, 6) is 1.87. The topological polar surface area (TPSA) is 64.9 Å². The van der Waals surface area contributed by atoms with Gasteiger partial charge >= 0.3 is 0 Å². The monoisotopic (exact) mass is 223 g/mol. The van der Waals surface area contributed by atoms with Crippen molar-refractivity contribution < 1.29 is 4.52 Å². The molecule has 4 heteroatoms. The lowest BCUT2D eigenvalue weighted by molar-refractivity contribution is 0.266. The first-order chi connectivity index (χ1) is 7.43. The molecule has 1 saturated carbocycles. The van der Waals surface area contributed by atoms with E-state index >= 15 is 0 Å². The molecule has 1 aromatic rings. The summed E-state index contributed by atoms with van der Waals surface area (Å²) in [7, 11) is 0. The van der Waals surface area contributed by atoms with Crippen molar-refractivity contribution in [3.05, 3.63) is 11.7 Å². The number of nitrogens with two attached hydrogens (primary N) is 1. The summed E-state index contributed by atoms with van der Waals surface area (Å²) in [6.07, 6.45) is 2.78. The van der Waals surface area contributed by atoms with Crippen molar-refractivity contribution in [1.82, 2.24) is 10.1 Å². The molecule has 0 aromatic carbocycles. The third-order valence-corrected chi connectivity index (χ3v) is 3.95. The van der Waals surface area contributed by atoms with Gasteiger partial charge in [-0.25, -0.2) is 0 Å². The first-order valence-electron chi connectivity index (χ1n) is 6.06. The minimum atomic E-state index is -0.454. The Balaban J connectivity index is 2.20. The highest BCUT2D eigenvalue weighted by atomic mass is 16.5. The predicted molar refractivity (Wildman–Crippen MR) is 61.9 cm³/mol. The molecule has 0 amide bonds. The normalized spacial score (nSPS) is 23.4. The van der Waals surface area contributed by atoms with Gasteiger partial charge in [-0.1, -0.05) is 32.9 Å². The van der Waals surface area contributed by atoms with Crippen LogP contribution in [0.4, 0.5) is 0 Å². The van der Waals surface area contributed by atoms with Gasteiger partial charge in [0.2, 0.25) is 5.89 Å². The van der Waals surface area contributed by atoms with Gasteiger partial charge in [0.15, 0.2) is 5.82 Å². The van der Waals surface area contributed by atoms with E-state index in [1.165, 1.54) is 0 Å². The lowest BCUT2D eigenvalue weighted by Gasteiger charge is -2.20. The summed E-state index contributed by atoms with van der Waals surface area (Å²) in [5.41, 5.74) is 6.10. The van der Waals surface area contributed by atoms with Gasteiger partial charge in [-0.15, -0.1) is 0 Å². The van der Waals surface area contributed by atoms with Gasteiger partial charge in [-0.05, 0) is 24.7 Å². The Morgan fingerprint density at radius 1 is 1.44 bits per heavy atom. The van der Waals surface area contributed by atoms with E-state index in [-0.39, 0.29) is 0 Å². The summed E-state index contributed by atoms with van der Waals surface area (Å²) in [6, 6.07) is 0. The van der Waals surface area contributed by atoms with Gasteiger partial charge in [0.25, 0.3) is 0 Å². The molecule has 1 aromatic heterocycles. The van der Waals surface area contributed by atoms with Crippen molar-refractivity contribution in [2.45, 2.75) is 58.4 Å².